The number of aromatic nitrogens is 4. The summed E-state index contributed by atoms with van der Waals surface area (Å²) in [7, 11) is 0. The zero-order valence-corrected chi connectivity index (χ0v) is 17.7. The normalized spacial score (nSPS) is 16.1. The number of imidazole rings is 1. The second kappa shape index (κ2) is 8.41. The number of ether oxygens (including phenoxy) is 1. The molecule has 3 N–H and O–H groups in total. The molecular formula is C23H19F3N6O2. The van der Waals surface area contributed by atoms with Gasteiger partial charge in [0.15, 0.2) is 0 Å². The molecule has 34 heavy (non-hydrogen) atoms. The predicted molar refractivity (Wildman–Crippen MR) is 118 cm³/mol. The van der Waals surface area contributed by atoms with Crippen LogP contribution in [0.3, 0.4) is 0 Å². The third kappa shape index (κ3) is 4.05. The summed E-state index contributed by atoms with van der Waals surface area (Å²) in [5, 5.41) is 2.40. The van der Waals surface area contributed by atoms with Crippen LogP contribution >= 0.6 is 0 Å². The molecule has 1 aliphatic rings. The first-order valence-electron chi connectivity index (χ1n) is 10.5. The summed E-state index contributed by atoms with van der Waals surface area (Å²) in [6.07, 6.45) is 0.736. The van der Waals surface area contributed by atoms with Crippen molar-refractivity contribution in [2.24, 2.45) is 0 Å². The number of fused-ring (bicyclic) bond motifs is 1. The molecule has 0 unspecified atom stereocenters. The Morgan fingerprint density at radius 3 is 2.65 bits per heavy atom. The molecule has 5 rings (SSSR count). The average Bonchev–Trinajstić information content (AvgIpc) is 3.47. The van der Waals surface area contributed by atoms with Crippen molar-refractivity contribution in [3.63, 3.8) is 0 Å². The zero-order valence-electron chi connectivity index (χ0n) is 17.7. The molecule has 1 fully saturated rings. The number of nitrogen functional groups attached to an aromatic ring is 1. The Balaban J connectivity index is 1.43. The topological polar surface area (TPSA) is 107 Å². The van der Waals surface area contributed by atoms with E-state index in [4.69, 9.17) is 15.5 Å². The molecule has 4 aromatic rings. The molecule has 8 nitrogen and oxygen atoms in total. The number of pyridine rings is 1. The molecule has 1 aromatic carbocycles. The molecule has 0 saturated carbocycles. The van der Waals surface area contributed by atoms with Crippen molar-refractivity contribution >= 4 is 23.1 Å². The van der Waals surface area contributed by atoms with Crippen LogP contribution in [0.5, 0.6) is 0 Å². The van der Waals surface area contributed by atoms with Crippen LogP contribution in [0, 0.1) is 0 Å². The van der Waals surface area contributed by atoms with Gasteiger partial charge in [0, 0.05) is 42.2 Å². The minimum Gasteiger partial charge on any atom is -0.382 e. The van der Waals surface area contributed by atoms with Crippen molar-refractivity contribution in [3.8, 4) is 11.3 Å². The summed E-state index contributed by atoms with van der Waals surface area (Å²) >= 11 is 0. The Morgan fingerprint density at radius 2 is 1.94 bits per heavy atom. The molecule has 174 valence electrons. The Morgan fingerprint density at radius 1 is 1.15 bits per heavy atom. The maximum Gasteiger partial charge on any atom is 0.416 e. The number of nitrogens with one attached hydrogen (secondary N) is 1. The molecule has 1 amide bonds. The Hall–Kier alpha value is -3.99. The monoisotopic (exact) mass is 468 g/mol. The Bertz CT molecular complexity index is 1360. The lowest BCUT2D eigenvalue weighted by atomic mass is 10.1. The van der Waals surface area contributed by atoms with Crippen LogP contribution in [-0.2, 0) is 10.9 Å². The highest BCUT2D eigenvalue weighted by atomic mass is 19.4. The predicted octanol–water partition coefficient (Wildman–Crippen LogP) is 4.15. The fourth-order valence-electron chi connectivity index (χ4n) is 3.96. The summed E-state index contributed by atoms with van der Waals surface area (Å²) in [6, 6.07) is 8.17. The number of carbonyl (C=O) groups is 1. The number of rotatable bonds is 4. The SMILES string of the molecule is Nc1nccn2c([C@H]3CCOC3)nc(-c3ccc(C(=O)Nc4cc(C(F)(F)F)ccn4)cc3)c12. The van der Waals surface area contributed by atoms with E-state index in [1.807, 2.05) is 4.40 Å². The first-order chi connectivity index (χ1) is 16.3. The Kier molecular flexibility index (Phi) is 5.40. The largest absolute Gasteiger partial charge is 0.416 e. The fraction of sp³-hybridized carbons (Fsp3) is 0.217. The van der Waals surface area contributed by atoms with Crippen LogP contribution in [0.15, 0.2) is 55.0 Å². The van der Waals surface area contributed by atoms with Gasteiger partial charge in [0.1, 0.15) is 28.7 Å². The van der Waals surface area contributed by atoms with Crippen LogP contribution in [0.2, 0.25) is 0 Å². The van der Waals surface area contributed by atoms with Gasteiger partial charge in [-0.25, -0.2) is 15.0 Å². The van der Waals surface area contributed by atoms with Crippen molar-refractivity contribution in [1.82, 2.24) is 19.4 Å². The number of amides is 1. The number of halogens is 3. The lowest BCUT2D eigenvalue weighted by Gasteiger charge is -2.09. The van der Waals surface area contributed by atoms with Crippen molar-refractivity contribution in [2.45, 2.75) is 18.5 Å². The van der Waals surface area contributed by atoms with E-state index in [9.17, 15) is 18.0 Å². The summed E-state index contributed by atoms with van der Waals surface area (Å²) < 4.78 is 46.1. The van der Waals surface area contributed by atoms with Gasteiger partial charge in [-0.2, -0.15) is 13.2 Å². The van der Waals surface area contributed by atoms with Gasteiger partial charge in [-0.15, -0.1) is 0 Å². The van der Waals surface area contributed by atoms with E-state index in [-0.39, 0.29) is 17.3 Å². The van der Waals surface area contributed by atoms with Crippen LogP contribution in [0.1, 0.15) is 34.1 Å². The fourth-order valence-corrected chi connectivity index (χ4v) is 3.96. The standard InChI is InChI=1S/C23H19F3N6O2/c24-23(25,26)16-5-7-28-17(11-16)30-22(33)14-3-1-13(2-4-14)18-19-20(27)29-8-9-32(19)21(31-18)15-6-10-34-12-15/h1-5,7-9,11,15H,6,10,12H2,(H2,27,29)(H,28,30,33)/t15-/m0/s1. The van der Waals surface area contributed by atoms with Gasteiger partial charge in [0.2, 0.25) is 0 Å². The van der Waals surface area contributed by atoms with Gasteiger partial charge in [-0.05, 0) is 30.7 Å². The van der Waals surface area contributed by atoms with Crippen molar-refractivity contribution in [3.05, 3.63) is 71.9 Å². The maximum atomic E-state index is 12.9. The number of nitrogens with two attached hydrogens (primary N) is 1. The van der Waals surface area contributed by atoms with Gasteiger partial charge in [-0.3, -0.25) is 9.20 Å². The second-order valence-corrected chi connectivity index (χ2v) is 7.87. The minimum absolute atomic E-state index is 0.132. The van der Waals surface area contributed by atoms with E-state index in [1.54, 1.807) is 36.7 Å². The van der Waals surface area contributed by atoms with Crippen molar-refractivity contribution in [2.75, 3.05) is 24.3 Å². The quantitative estimate of drug-likeness (QED) is 0.466. The molecule has 1 aliphatic heterocycles. The molecule has 0 radical (unpaired) electrons. The first kappa shape index (κ1) is 21.8. The lowest BCUT2D eigenvalue weighted by molar-refractivity contribution is -0.137. The van der Waals surface area contributed by atoms with Gasteiger partial charge in [0.25, 0.3) is 5.91 Å². The van der Waals surface area contributed by atoms with Crippen LogP contribution in [0.4, 0.5) is 24.8 Å². The molecule has 1 atom stereocenters. The van der Waals surface area contributed by atoms with Gasteiger partial charge < -0.3 is 15.8 Å². The molecule has 1 saturated heterocycles. The van der Waals surface area contributed by atoms with Gasteiger partial charge in [0.05, 0.1) is 12.2 Å². The summed E-state index contributed by atoms with van der Waals surface area (Å²) in [6.45, 7) is 1.24. The molecule has 4 heterocycles. The lowest BCUT2D eigenvalue weighted by Crippen LogP contribution is -2.14. The van der Waals surface area contributed by atoms with Crippen LogP contribution in [0.25, 0.3) is 16.8 Å². The van der Waals surface area contributed by atoms with Crippen LogP contribution < -0.4 is 11.1 Å². The number of benzene rings is 1. The highest BCUT2D eigenvalue weighted by Crippen LogP contribution is 2.33. The molecule has 0 bridgehead atoms. The molecule has 0 spiro atoms. The van der Waals surface area contributed by atoms with Gasteiger partial charge in [-0.1, -0.05) is 12.1 Å². The molecular weight excluding hydrogens is 449 g/mol. The van der Waals surface area contributed by atoms with E-state index < -0.39 is 17.6 Å². The number of carbonyl (C=O) groups excluding carboxylic acids is 1. The van der Waals surface area contributed by atoms with Crippen molar-refractivity contribution < 1.29 is 22.7 Å². The smallest absolute Gasteiger partial charge is 0.382 e. The van der Waals surface area contributed by atoms with E-state index in [0.717, 1.165) is 36.1 Å². The van der Waals surface area contributed by atoms with Crippen LogP contribution in [-0.4, -0.2) is 38.5 Å². The van der Waals surface area contributed by atoms with E-state index >= 15 is 0 Å². The summed E-state index contributed by atoms with van der Waals surface area (Å²) in [5.41, 5.74) is 7.52. The summed E-state index contributed by atoms with van der Waals surface area (Å²) in [4.78, 5) is 25.4. The molecule has 11 heteroatoms. The third-order valence-electron chi connectivity index (χ3n) is 5.65. The first-order valence-corrected chi connectivity index (χ1v) is 10.5. The highest BCUT2D eigenvalue weighted by molar-refractivity contribution is 6.04. The van der Waals surface area contributed by atoms with E-state index in [2.05, 4.69) is 15.3 Å². The second-order valence-electron chi connectivity index (χ2n) is 7.87. The maximum absolute atomic E-state index is 12.9. The number of hydrogen-bond acceptors (Lipinski definition) is 6. The van der Waals surface area contributed by atoms with E-state index in [0.29, 0.717) is 30.2 Å². The zero-order chi connectivity index (χ0) is 23.9. The highest BCUT2D eigenvalue weighted by Gasteiger charge is 2.31. The van der Waals surface area contributed by atoms with E-state index in [1.165, 1.54) is 0 Å². The van der Waals surface area contributed by atoms with Crippen molar-refractivity contribution in [1.29, 1.82) is 0 Å². The molecule has 3 aromatic heterocycles. The Labute approximate surface area is 191 Å². The third-order valence-corrected chi connectivity index (χ3v) is 5.65. The average molecular weight is 468 g/mol. The summed E-state index contributed by atoms with van der Waals surface area (Å²) in [5.74, 6) is 0.513. The minimum atomic E-state index is -4.53. The molecule has 0 aliphatic carbocycles. The number of anilines is 2. The van der Waals surface area contributed by atoms with Gasteiger partial charge >= 0.3 is 6.18 Å². The number of nitrogens with zero attached hydrogens (tertiary/aromatic N) is 4. The number of hydrogen-bond donors (Lipinski definition) is 2. The number of alkyl halides is 3.